The summed E-state index contributed by atoms with van der Waals surface area (Å²) >= 11 is 0. The van der Waals surface area contributed by atoms with Crippen molar-refractivity contribution < 1.29 is 4.79 Å². The second-order valence-corrected chi connectivity index (χ2v) is 3.51. The van der Waals surface area contributed by atoms with E-state index in [9.17, 15) is 4.79 Å². The molecule has 15 heavy (non-hydrogen) atoms. The zero-order valence-corrected chi connectivity index (χ0v) is 9.32. The van der Waals surface area contributed by atoms with Gasteiger partial charge in [0.05, 0.1) is 6.04 Å². The van der Waals surface area contributed by atoms with E-state index in [-0.39, 0.29) is 18.0 Å². The zero-order valence-electron chi connectivity index (χ0n) is 9.32. The topological polar surface area (TPSA) is 54.0 Å². The van der Waals surface area contributed by atoms with E-state index >= 15 is 0 Å². The van der Waals surface area contributed by atoms with Gasteiger partial charge in [-0.1, -0.05) is 6.07 Å². The Kier molecular flexibility index (Phi) is 4.24. The summed E-state index contributed by atoms with van der Waals surface area (Å²) in [5, 5.41) is 5.80. The lowest BCUT2D eigenvalue weighted by Gasteiger charge is -2.18. The van der Waals surface area contributed by atoms with Crippen LogP contribution >= 0.6 is 0 Å². The van der Waals surface area contributed by atoms with Gasteiger partial charge in [0.1, 0.15) is 0 Å². The molecule has 1 unspecified atom stereocenters. The number of carbonyl (C=O) groups is 1. The molecule has 0 radical (unpaired) electrons. The highest BCUT2D eigenvalue weighted by Crippen LogP contribution is 2.10. The molecule has 0 fully saturated rings. The quantitative estimate of drug-likeness (QED) is 0.770. The maximum absolute atomic E-state index is 11.3. The molecule has 1 rings (SSSR count). The molecule has 0 bridgehead atoms. The van der Waals surface area contributed by atoms with E-state index in [4.69, 9.17) is 0 Å². The second kappa shape index (κ2) is 5.46. The van der Waals surface area contributed by atoms with Crippen molar-refractivity contribution in [2.75, 3.05) is 7.05 Å². The maximum atomic E-state index is 11.3. The number of hydrogen-bond donors (Lipinski definition) is 2. The van der Waals surface area contributed by atoms with Gasteiger partial charge in [-0.3, -0.25) is 15.1 Å². The molecular formula is C11H17N3O. The van der Waals surface area contributed by atoms with Gasteiger partial charge in [-0.2, -0.15) is 0 Å². The van der Waals surface area contributed by atoms with Crippen molar-refractivity contribution >= 4 is 5.91 Å². The molecule has 4 heteroatoms. The van der Waals surface area contributed by atoms with Gasteiger partial charge in [0.15, 0.2) is 0 Å². The highest BCUT2D eigenvalue weighted by molar-refractivity contribution is 5.80. The molecule has 0 spiro atoms. The van der Waals surface area contributed by atoms with Crippen molar-refractivity contribution in [3.05, 3.63) is 30.1 Å². The van der Waals surface area contributed by atoms with Crippen molar-refractivity contribution in [3.8, 4) is 0 Å². The molecule has 0 saturated heterocycles. The average Bonchev–Trinajstić information content (AvgIpc) is 2.29. The summed E-state index contributed by atoms with van der Waals surface area (Å²) in [4.78, 5) is 15.3. The van der Waals surface area contributed by atoms with Crippen molar-refractivity contribution in [2.45, 2.75) is 25.9 Å². The van der Waals surface area contributed by atoms with Gasteiger partial charge in [0.2, 0.25) is 5.91 Å². The minimum Gasteiger partial charge on any atom is -0.358 e. The monoisotopic (exact) mass is 207 g/mol. The van der Waals surface area contributed by atoms with E-state index in [1.165, 1.54) is 0 Å². The van der Waals surface area contributed by atoms with Crippen LogP contribution in [0.4, 0.5) is 0 Å². The number of aromatic nitrogens is 1. The van der Waals surface area contributed by atoms with E-state index in [0.29, 0.717) is 0 Å². The number of rotatable bonds is 4. The summed E-state index contributed by atoms with van der Waals surface area (Å²) in [7, 11) is 1.63. The standard InChI is InChI=1S/C11H17N3O/c1-8(10-5-4-6-13-7-10)14-9(2)11(15)12-3/h4-9,14H,1-3H3,(H,12,15)/t8-,9?/m1/s1. The normalized spacial score (nSPS) is 14.3. The first kappa shape index (κ1) is 11.7. The summed E-state index contributed by atoms with van der Waals surface area (Å²) < 4.78 is 0. The fraction of sp³-hybridized carbons (Fsp3) is 0.455. The average molecular weight is 207 g/mol. The van der Waals surface area contributed by atoms with Gasteiger partial charge in [0.25, 0.3) is 0 Å². The number of pyridine rings is 1. The molecule has 1 heterocycles. The molecule has 0 aliphatic heterocycles. The van der Waals surface area contributed by atoms with Gasteiger partial charge >= 0.3 is 0 Å². The Morgan fingerprint density at radius 2 is 2.20 bits per heavy atom. The SMILES string of the molecule is CNC(=O)C(C)N[C@H](C)c1cccnc1. The fourth-order valence-electron chi connectivity index (χ4n) is 1.40. The number of nitrogens with zero attached hydrogens (tertiary/aromatic N) is 1. The molecule has 1 aromatic rings. The first-order chi connectivity index (χ1) is 7.15. The minimum absolute atomic E-state index is 0.00857. The number of hydrogen-bond acceptors (Lipinski definition) is 3. The molecule has 4 nitrogen and oxygen atoms in total. The summed E-state index contributed by atoms with van der Waals surface area (Å²) in [6.07, 6.45) is 3.53. The molecule has 0 aliphatic carbocycles. The van der Waals surface area contributed by atoms with Gasteiger partial charge in [-0.25, -0.2) is 0 Å². The van der Waals surface area contributed by atoms with Crippen LogP contribution in [0.15, 0.2) is 24.5 Å². The van der Waals surface area contributed by atoms with E-state index in [1.54, 1.807) is 19.4 Å². The minimum atomic E-state index is -0.204. The summed E-state index contributed by atoms with van der Waals surface area (Å²) in [5.41, 5.74) is 1.08. The Morgan fingerprint density at radius 1 is 1.47 bits per heavy atom. The van der Waals surface area contributed by atoms with Crippen molar-refractivity contribution in [3.63, 3.8) is 0 Å². The zero-order chi connectivity index (χ0) is 11.3. The third kappa shape index (κ3) is 3.32. The van der Waals surface area contributed by atoms with E-state index in [1.807, 2.05) is 26.0 Å². The van der Waals surface area contributed by atoms with E-state index < -0.39 is 0 Å². The highest BCUT2D eigenvalue weighted by Gasteiger charge is 2.14. The predicted molar refractivity (Wildman–Crippen MR) is 59.3 cm³/mol. The first-order valence-corrected chi connectivity index (χ1v) is 5.02. The number of nitrogens with one attached hydrogen (secondary N) is 2. The summed E-state index contributed by atoms with van der Waals surface area (Å²) in [5.74, 6) is -0.00857. The molecular weight excluding hydrogens is 190 g/mol. The molecule has 0 aliphatic rings. The number of likely N-dealkylation sites (N-methyl/N-ethyl adjacent to an activating group) is 1. The number of amides is 1. The molecule has 1 amide bonds. The van der Waals surface area contributed by atoms with Gasteiger partial charge in [0, 0.05) is 25.5 Å². The fourth-order valence-corrected chi connectivity index (χ4v) is 1.40. The van der Waals surface area contributed by atoms with Crippen LogP contribution in [0.25, 0.3) is 0 Å². The van der Waals surface area contributed by atoms with Gasteiger partial charge < -0.3 is 5.32 Å². The van der Waals surface area contributed by atoms with Crippen LogP contribution in [-0.2, 0) is 4.79 Å². The van der Waals surface area contributed by atoms with Crippen molar-refractivity contribution in [2.24, 2.45) is 0 Å². The van der Waals surface area contributed by atoms with Crippen molar-refractivity contribution in [1.82, 2.24) is 15.6 Å². The van der Waals surface area contributed by atoms with Crippen LogP contribution in [0.3, 0.4) is 0 Å². The Bertz CT molecular complexity index is 313. The summed E-state index contributed by atoms with van der Waals surface area (Å²) in [6.45, 7) is 3.85. The van der Waals surface area contributed by atoms with Crippen LogP contribution in [-0.4, -0.2) is 24.0 Å². The van der Waals surface area contributed by atoms with Crippen LogP contribution in [0, 0.1) is 0 Å². The lowest BCUT2D eigenvalue weighted by molar-refractivity contribution is -0.122. The van der Waals surface area contributed by atoms with Crippen LogP contribution in [0.5, 0.6) is 0 Å². The van der Waals surface area contributed by atoms with Crippen LogP contribution in [0.1, 0.15) is 25.5 Å². The van der Waals surface area contributed by atoms with Gasteiger partial charge in [-0.15, -0.1) is 0 Å². The molecule has 0 saturated carbocycles. The molecule has 1 aromatic heterocycles. The van der Waals surface area contributed by atoms with Gasteiger partial charge in [-0.05, 0) is 25.5 Å². The van der Waals surface area contributed by atoms with Crippen LogP contribution < -0.4 is 10.6 Å². The first-order valence-electron chi connectivity index (χ1n) is 5.02. The lowest BCUT2D eigenvalue weighted by Crippen LogP contribution is -2.41. The Balaban J connectivity index is 2.56. The summed E-state index contributed by atoms with van der Waals surface area (Å²) in [6, 6.07) is 3.79. The molecule has 82 valence electrons. The van der Waals surface area contributed by atoms with Crippen LogP contribution in [0.2, 0.25) is 0 Å². The third-order valence-electron chi connectivity index (χ3n) is 2.32. The van der Waals surface area contributed by atoms with E-state index in [0.717, 1.165) is 5.56 Å². The molecule has 0 aromatic carbocycles. The smallest absolute Gasteiger partial charge is 0.236 e. The lowest BCUT2D eigenvalue weighted by atomic mass is 10.1. The predicted octanol–water partition coefficient (Wildman–Crippen LogP) is 0.867. The highest BCUT2D eigenvalue weighted by atomic mass is 16.2. The molecule has 2 atom stereocenters. The maximum Gasteiger partial charge on any atom is 0.236 e. The molecule has 2 N–H and O–H groups in total. The second-order valence-electron chi connectivity index (χ2n) is 3.51. The van der Waals surface area contributed by atoms with E-state index in [2.05, 4.69) is 15.6 Å². The largest absolute Gasteiger partial charge is 0.358 e. The van der Waals surface area contributed by atoms with Crippen molar-refractivity contribution in [1.29, 1.82) is 0 Å². The number of carbonyl (C=O) groups excluding carboxylic acids is 1. The Hall–Kier alpha value is -1.42. The Labute approximate surface area is 90.1 Å². The third-order valence-corrected chi connectivity index (χ3v) is 2.32. The Morgan fingerprint density at radius 3 is 2.73 bits per heavy atom.